The molecule has 0 aliphatic heterocycles. The second-order valence-corrected chi connectivity index (χ2v) is 21.9. The number of hydrogen-bond donors (Lipinski definition) is 0. The number of hydrogen-bond acceptors (Lipinski definition) is 0. The third-order valence-corrected chi connectivity index (χ3v) is 15.9. The van der Waals surface area contributed by atoms with Crippen LogP contribution in [0.5, 0.6) is 0 Å². The van der Waals surface area contributed by atoms with E-state index in [1.807, 2.05) is 0 Å². The predicted octanol–water partition coefficient (Wildman–Crippen LogP) is 6.23. The first-order valence-corrected chi connectivity index (χ1v) is 22.4. The van der Waals surface area contributed by atoms with Crippen molar-refractivity contribution >= 4 is 12.1 Å². The summed E-state index contributed by atoms with van der Waals surface area (Å²) in [5.74, 6) is 1.64. The van der Waals surface area contributed by atoms with Gasteiger partial charge >= 0.3 is 330 Å². The minimum atomic E-state index is -1.47. The largest absolute Gasteiger partial charge is 1.00 e. The molecule has 0 spiro atoms. The van der Waals surface area contributed by atoms with Crippen LogP contribution in [0.4, 0.5) is 0 Å². The van der Waals surface area contributed by atoms with Crippen molar-refractivity contribution in [3.63, 3.8) is 0 Å². The minimum absolute atomic E-state index is 0. The first kappa shape index (κ1) is 44.4. The van der Waals surface area contributed by atoms with Gasteiger partial charge in [-0.05, 0) is 0 Å². The van der Waals surface area contributed by atoms with E-state index in [4.69, 9.17) is 0 Å². The van der Waals surface area contributed by atoms with Crippen LogP contribution in [0.3, 0.4) is 0 Å². The molecule has 6 rings (SSSR count). The fourth-order valence-corrected chi connectivity index (χ4v) is 13.9. The van der Waals surface area contributed by atoms with Gasteiger partial charge in [0.2, 0.25) is 0 Å². The summed E-state index contributed by atoms with van der Waals surface area (Å²) in [5, 5.41) is 3.09. The average Bonchev–Trinajstić information content (AvgIpc) is 3.72. The zero-order valence-corrected chi connectivity index (χ0v) is 39.4. The second kappa shape index (κ2) is 16.7. The Balaban J connectivity index is 0.00000325. The Hall–Kier alpha value is -2.31. The van der Waals surface area contributed by atoms with Crippen LogP contribution in [0.1, 0.15) is 132 Å². The van der Waals surface area contributed by atoms with Gasteiger partial charge in [0.05, 0.1) is 0 Å². The van der Waals surface area contributed by atoms with Crippen molar-refractivity contribution in [1.29, 1.82) is 0 Å². The van der Waals surface area contributed by atoms with Gasteiger partial charge in [-0.2, -0.15) is 0 Å². The first-order chi connectivity index (χ1) is 24.4. The third-order valence-electron chi connectivity index (χ3n) is 12.0. The van der Waals surface area contributed by atoms with Gasteiger partial charge in [-0.15, -0.1) is 0 Å². The van der Waals surface area contributed by atoms with E-state index >= 15 is 0 Å². The number of rotatable bonds is 8. The van der Waals surface area contributed by atoms with E-state index in [1.165, 1.54) is 33.0 Å². The van der Waals surface area contributed by atoms with Crippen molar-refractivity contribution in [2.75, 3.05) is 0 Å². The summed E-state index contributed by atoms with van der Waals surface area (Å²) in [6, 6.07) is 28.0. The van der Waals surface area contributed by atoms with Crippen molar-refractivity contribution in [1.82, 2.24) is 0 Å². The van der Waals surface area contributed by atoms with Crippen LogP contribution in [0.25, 0.3) is 8.85 Å². The summed E-state index contributed by atoms with van der Waals surface area (Å²) in [5.41, 5.74) is 15.3. The molecule has 0 saturated heterocycles. The summed E-state index contributed by atoms with van der Waals surface area (Å²) >= 11 is -1.47. The van der Waals surface area contributed by atoms with Crippen molar-refractivity contribution in [3.05, 3.63) is 152 Å². The van der Waals surface area contributed by atoms with Gasteiger partial charge in [-0.3, -0.25) is 0 Å². The first-order valence-electron chi connectivity index (χ1n) is 20.0. The Morgan fingerprint density at radius 3 is 1.65 bits per heavy atom. The third kappa shape index (κ3) is 7.46. The summed E-state index contributed by atoms with van der Waals surface area (Å²) in [4.78, 5) is 0. The molecule has 0 N–H and O–H groups in total. The molecule has 0 amide bonds. The van der Waals surface area contributed by atoms with E-state index in [-0.39, 0.29) is 41.1 Å². The van der Waals surface area contributed by atoms with Crippen LogP contribution in [0.15, 0.2) is 119 Å². The normalized spacial score (nSPS) is 18.3. The molecule has 3 aromatic carbocycles. The van der Waals surface area contributed by atoms with E-state index in [2.05, 4.69) is 188 Å². The smallest absolute Gasteiger partial charge is 1.00 e. The van der Waals surface area contributed by atoms with Crippen molar-refractivity contribution in [2.24, 2.45) is 28.6 Å². The van der Waals surface area contributed by atoms with E-state index in [0.29, 0.717) is 23.7 Å². The molecule has 1 atom stereocenters. The molecular formula is C51H63Cl2Zr. The fraction of sp³-hybridized carbons (Fsp3) is 0.431. The minimum Gasteiger partial charge on any atom is -1.00 e. The van der Waals surface area contributed by atoms with Crippen LogP contribution < -0.4 is 35.3 Å². The summed E-state index contributed by atoms with van der Waals surface area (Å²) in [7, 11) is 0. The topological polar surface area (TPSA) is 0 Å². The summed E-state index contributed by atoms with van der Waals surface area (Å²) < 4.78 is 3.25. The predicted molar refractivity (Wildman–Crippen MR) is 224 cm³/mol. The van der Waals surface area contributed by atoms with Crippen LogP contribution in [0.2, 0.25) is 0 Å². The van der Waals surface area contributed by atoms with Gasteiger partial charge in [-0.25, -0.2) is 0 Å². The maximum Gasteiger partial charge on any atom is -1.00 e. The molecule has 3 aliphatic rings. The standard InChI is InChI=1S/C38H53.C13H10.2ClH.Zr/c1-22(2)29-21-28(36(9,10)11)19-27-20-30-33(32(27)29)31(23(3)4)34(24(5)6)38(25(7)8,37(12,13)14)35(30)26-17-15-16-18-26;1-3-7-12(8-4-1)11-13-9-5-2-6-10-13;;;/h15-17,19,21-25H,18H2,1-14H3;1-10H;2*1H;/q;;;;+2/p-2. The van der Waals surface area contributed by atoms with E-state index < -0.39 is 22.8 Å². The monoisotopic (exact) mass is 835 g/mol. The molecule has 0 saturated carbocycles. The molecule has 3 aromatic rings. The van der Waals surface area contributed by atoms with Crippen molar-refractivity contribution < 1.29 is 47.6 Å². The average molecular weight is 838 g/mol. The number of halogens is 2. The number of benzene rings is 3. The van der Waals surface area contributed by atoms with Gasteiger partial charge < -0.3 is 24.8 Å². The second-order valence-electron chi connectivity index (χ2n) is 18.8. The van der Waals surface area contributed by atoms with E-state index in [0.717, 1.165) is 6.42 Å². The molecule has 0 fully saturated rings. The summed E-state index contributed by atoms with van der Waals surface area (Å²) in [6.07, 6.45) is 8.22. The fourth-order valence-electron chi connectivity index (χ4n) is 10.0. The maximum absolute atomic E-state index is 2.66. The molecule has 0 radical (unpaired) electrons. The Bertz CT molecular complexity index is 2110. The Kier molecular flexibility index (Phi) is 13.7. The van der Waals surface area contributed by atoms with Crippen molar-refractivity contribution in [2.45, 2.75) is 115 Å². The summed E-state index contributed by atoms with van der Waals surface area (Å²) in [6.45, 7) is 34.7. The molecule has 54 heavy (non-hydrogen) atoms. The van der Waals surface area contributed by atoms with Crippen LogP contribution in [-0.2, 0) is 28.2 Å². The molecule has 0 nitrogen and oxygen atoms in total. The van der Waals surface area contributed by atoms with Crippen LogP contribution >= 0.6 is 0 Å². The molecule has 3 heteroatoms. The molecule has 0 heterocycles. The maximum atomic E-state index is 2.66. The van der Waals surface area contributed by atoms with Crippen LogP contribution in [-0.4, -0.2) is 3.21 Å². The zero-order valence-electron chi connectivity index (χ0n) is 35.4. The zero-order chi connectivity index (χ0) is 37.9. The van der Waals surface area contributed by atoms with E-state index in [1.54, 1.807) is 39.6 Å². The van der Waals surface area contributed by atoms with Gasteiger partial charge in [-0.1, -0.05) is 0 Å². The quantitative estimate of drug-likeness (QED) is 0.253. The Morgan fingerprint density at radius 1 is 0.685 bits per heavy atom. The Labute approximate surface area is 352 Å². The Morgan fingerprint density at radius 2 is 1.24 bits per heavy atom. The molecule has 1 unspecified atom stereocenters. The van der Waals surface area contributed by atoms with Gasteiger partial charge in [0.25, 0.3) is 0 Å². The molecule has 0 aromatic heterocycles. The SMILES string of the molecule is CC(C)C1=C(C(C)C)C(C(C)C)(C(C)(C)C)C(C2=CC=CC2)=C2[C]([Zr+2]=[C](c3ccccc3)c3ccccc3)=c3cc(C(C)(C)C)cc(C(C)C)c3=C21.[Cl-].[Cl-]. The van der Waals surface area contributed by atoms with Gasteiger partial charge in [0.1, 0.15) is 0 Å². The van der Waals surface area contributed by atoms with Gasteiger partial charge in [0, 0.05) is 0 Å². The van der Waals surface area contributed by atoms with Crippen LogP contribution in [0, 0.1) is 28.6 Å². The number of fused-ring (bicyclic) bond motifs is 2. The molecular weight excluding hydrogens is 775 g/mol. The molecule has 285 valence electrons. The molecule has 3 aliphatic carbocycles. The van der Waals surface area contributed by atoms with Crippen molar-refractivity contribution in [3.8, 4) is 0 Å². The van der Waals surface area contributed by atoms with E-state index in [9.17, 15) is 0 Å². The molecule has 0 bridgehead atoms. The van der Waals surface area contributed by atoms with Gasteiger partial charge in [0.15, 0.2) is 0 Å². The number of allylic oxidation sites excluding steroid dienone is 8.